The van der Waals surface area contributed by atoms with Crippen molar-refractivity contribution in [3.8, 4) is 0 Å². The van der Waals surface area contributed by atoms with E-state index in [1.54, 1.807) is 24.3 Å². The van der Waals surface area contributed by atoms with Crippen LogP contribution in [0.25, 0.3) is 0 Å². The molecule has 36 heavy (non-hydrogen) atoms. The Morgan fingerprint density at radius 3 is 1.89 bits per heavy atom. The number of ether oxygens (including phenoxy) is 1. The molecule has 1 unspecified atom stereocenters. The topological polar surface area (TPSA) is 152 Å². The van der Waals surface area contributed by atoms with Gasteiger partial charge in [0.2, 0.25) is 11.8 Å². The molecule has 0 heterocycles. The van der Waals surface area contributed by atoms with Crippen LogP contribution in [0.3, 0.4) is 0 Å². The van der Waals surface area contributed by atoms with Crippen molar-refractivity contribution in [2.75, 3.05) is 25.0 Å². The monoisotopic (exact) mass is 511 g/mol. The van der Waals surface area contributed by atoms with Gasteiger partial charge in [-0.1, -0.05) is 67.5 Å². The van der Waals surface area contributed by atoms with Crippen molar-refractivity contribution in [1.82, 2.24) is 16.0 Å². The van der Waals surface area contributed by atoms with E-state index in [1.165, 1.54) is 6.92 Å². The summed E-state index contributed by atoms with van der Waals surface area (Å²) in [5.74, 6) is -0.706. The minimum absolute atomic E-state index is 0.0946. The quantitative estimate of drug-likeness (QED) is 0.287. The number of anilines is 1. The van der Waals surface area contributed by atoms with E-state index >= 15 is 0 Å². The van der Waals surface area contributed by atoms with E-state index in [0.717, 1.165) is 12.0 Å². The molecule has 0 fully saturated rings. The molecule has 4 amide bonds. The molecule has 1 aromatic carbocycles. The first-order chi connectivity index (χ1) is 17.1. The number of hydrogen-bond acceptors (Lipinski definition) is 6. The number of carbonyl (C=O) groups excluding carboxylic acids is 4. The fourth-order valence-corrected chi connectivity index (χ4v) is 2.45. The number of benzene rings is 1. The number of esters is 1. The highest BCUT2D eigenvalue weighted by atomic mass is 16.5. The van der Waals surface area contributed by atoms with E-state index in [1.807, 2.05) is 55.4 Å². The molecule has 0 aliphatic carbocycles. The molecule has 0 aromatic heterocycles. The summed E-state index contributed by atoms with van der Waals surface area (Å²) < 4.78 is 4.90. The average molecular weight is 512 g/mol. The maximum absolute atomic E-state index is 12.1. The first-order valence-corrected chi connectivity index (χ1v) is 12.7. The first kappa shape index (κ1) is 37.4. The van der Waals surface area contributed by atoms with Crippen LogP contribution in [0.5, 0.6) is 0 Å². The summed E-state index contributed by atoms with van der Waals surface area (Å²) in [5, 5.41) is 10.9. The molecule has 1 rings (SSSR count). The van der Waals surface area contributed by atoms with Gasteiger partial charge in [0.1, 0.15) is 6.61 Å². The van der Waals surface area contributed by atoms with Crippen LogP contribution in [0.2, 0.25) is 0 Å². The zero-order chi connectivity index (χ0) is 28.5. The van der Waals surface area contributed by atoms with Crippen molar-refractivity contribution in [3.63, 3.8) is 0 Å². The van der Waals surface area contributed by atoms with E-state index in [9.17, 15) is 19.2 Å². The molecule has 1 atom stereocenters. The molecule has 10 heteroatoms. The summed E-state index contributed by atoms with van der Waals surface area (Å²) in [6.45, 7) is 18.6. The number of rotatable bonds is 11. The predicted octanol–water partition coefficient (Wildman–Crippen LogP) is 3.56. The van der Waals surface area contributed by atoms with Crippen LogP contribution < -0.4 is 27.0 Å². The minimum Gasteiger partial charge on any atom is -0.461 e. The van der Waals surface area contributed by atoms with Crippen molar-refractivity contribution in [3.05, 3.63) is 29.8 Å². The highest BCUT2D eigenvalue weighted by molar-refractivity contribution is 5.95. The molecule has 10 nitrogen and oxygen atoms in total. The molecule has 1 aromatic rings. The molecule has 0 radical (unpaired) electrons. The van der Waals surface area contributed by atoms with Gasteiger partial charge < -0.3 is 31.7 Å². The second kappa shape index (κ2) is 25.0. The second-order valence-corrected chi connectivity index (χ2v) is 7.31. The number of nitrogens with two attached hydrogens (primary N) is 1. The summed E-state index contributed by atoms with van der Waals surface area (Å²) in [6.07, 6.45) is 0.933. The van der Waals surface area contributed by atoms with Gasteiger partial charge in [-0.05, 0) is 36.6 Å². The van der Waals surface area contributed by atoms with Gasteiger partial charge in [-0.3, -0.25) is 14.4 Å². The normalized spacial score (nSPS) is 10.1. The lowest BCUT2D eigenvalue weighted by molar-refractivity contribution is -0.142. The lowest BCUT2D eigenvalue weighted by Gasteiger charge is -2.20. The Morgan fingerprint density at radius 1 is 0.944 bits per heavy atom. The maximum Gasteiger partial charge on any atom is 0.312 e. The largest absolute Gasteiger partial charge is 0.461 e. The van der Waals surface area contributed by atoms with Crippen LogP contribution in [0.15, 0.2) is 24.3 Å². The van der Waals surface area contributed by atoms with Gasteiger partial charge in [0.25, 0.3) is 0 Å². The zero-order valence-electron chi connectivity index (χ0n) is 23.6. The Morgan fingerprint density at radius 2 is 1.50 bits per heavy atom. The van der Waals surface area contributed by atoms with Crippen molar-refractivity contribution >= 4 is 29.5 Å². The SMILES string of the molecule is CC.CC.CCCNC(N)=O.CCNC(C(=O)NCC(=O)Nc1ccc(COC(C)=O)cc1)C(C)C. The fraction of sp³-hybridized carbons (Fsp3) is 0.615. The third kappa shape index (κ3) is 21.4. The number of hydrogen-bond donors (Lipinski definition) is 5. The third-order valence-corrected chi connectivity index (χ3v) is 4.03. The van der Waals surface area contributed by atoms with Gasteiger partial charge in [-0.25, -0.2) is 4.79 Å². The molecule has 0 aliphatic rings. The van der Waals surface area contributed by atoms with E-state index in [2.05, 4.69) is 21.3 Å². The highest BCUT2D eigenvalue weighted by Gasteiger charge is 2.21. The summed E-state index contributed by atoms with van der Waals surface area (Å²) in [6, 6.07) is 6.19. The van der Waals surface area contributed by atoms with E-state index in [-0.39, 0.29) is 42.9 Å². The molecular formula is C26H49N5O5. The number of nitrogens with one attached hydrogen (secondary N) is 4. The predicted molar refractivity (Wildman–Crippen MR) is 146 cm³/mol. The first-order valence-electron chi connectivity index (χ1n) is 12.7. The smallest absolute Gasteiger partial charge is 0.312 e. The van der Waals surface area contributed by atoms with Crippen molar-refractivity contribution < 1.29 is 23.9 Å². The van der Waals surface area contributed by atoms with Crippen molar-refractivity contribution in [2.45, 2.75) is 81.4 Å². The highest BCUT2D eigenvalue weighted by Crippen LogP contribution is 2.10. The molecule has 0 spiro atoms. The summed E-state index contributed by atoms with van der Waals surface area (Å²) in [7, 11) is 0. The number of primary amides is 1. The van der Waals surface area contributed by atoms with Gasteiger partial charge in [-0.15, -0.1) is 0 Å². The number of carbonyl (C=O) groups is 4. The summed E-state index contributed by atoms with van der Waals surface area (Å²) >= 11 is 0. The van der Waals surface area contributed by atoms with Gasteiger partial charge in [0, 0.05) is 19.2 Å². The molecule has 6 N–H and O–H groups in total. The van der Waals surface area contributed by atoms with Crippen LogP contribution in [0.1, 0.15) is 74.3 Å². The van der Waals surface area contributed by atoms with Gasteiger partial charge in [-0.2, -0.15) is 0 Å². The lowest BCUT2D eigenvalue weighted by atomic mass is 10.0. The molecule has 0 aliphatic heterocycles. The Kier molecular flexibility index (Phi) is 25.9. The van der Waals surface area contributed by atoms with Crippen molar-refractivity contribution in [2.24, 2.45) is 11.7 Å². The summed E-state index contributed by atoms with van der Waals surface area (Å²) in [5.41, 5.74) is 6.16. The van der Waals surface area contributed by atoms with Crippen LogP contribution in [0.4, 0.5) is 10.5 Å². The minimum atomic E-state index is -0.443. The van der Waals surface area contributed by atoms with Gasteiger partial charge in [0.15, 0.2) is 0 Å². The fourth-order valence-electron chi connectivity index (χ4n) is 2.45. The lowest BCUT2D eigenvalue weighted by Crippen LogP contribution is -2.49. The Hall–Kier alpha value is -3.14. The Balaban J connectivity index is -0.000000838. The molecular weight excluding hydrogens is 462 g/mol. The average Bonchev–Trinajstić information content (AvgIpc) is 2.86. The van der Waals surface area contributed by atoms with Gasteiger partial charge in [0.05, 0.1) is 12.6 Å². The van der Waals surface area contributed by atoms with Gasteiger partial charge >= 0.3 is 12.0 Å². The maximum atomic E-state index is 12.1. The molecule has 0 saturated carbocycles. The van der Waals surface area contributed by atoms with E-state index in [4.69, 9.17) is 10.5 Å². The van der Waals surface area contributed by atoms with Crippen LogP contribution >= 0.6 is 0 Å². The molecule has 0 saturated heterocycles. The zero-order valence-corrected chi connectivity index (χ0v) is 23.6. The van der Waals surface area contributed by atoms with Crippen molar-refractivity contribution in [1.29, 1.82) is 0 Å². The molecule has 0 bridgehead atoms. The molecule has 208 valence electrons. The van der Waals surface area contributed by atoms with Crippen LogP contribution in [0, 0.1) is 5.92 Å². The summed E-state index contributed by atoms with van der Waals surface area (Å²) in [4.78, 5) is 44.7. The van der Waals surface area contributed by atoms with E-state index < -0.39 is 6.03 Å². The Bertz CT molecular complexity index is 724. The Labute approximate surface area is 217 Å². The number of likely N-dealkylation sites (N-methyl/N-ethyl adjacent to an activating group) is 1. The van der Waals surface area contributed by atoms with Crippen LogP contribution in [-0.4, -0.2) is 49.5 Å². The number of amides is 4. The second-order valence-electron chi connectivity index (χ2n) is 7.31. The number of urea groups is 1. The van der Waals surface area contributed by atoms with E-state index in [0.29, 0.717) is 18.8 Å². The standard InChI is InChI=1S/C18H27N3O4.C4H10N2O.2C2H6/c1-5-19-17(12(2)3)18(24)20-10-16(23)21-15-8-6-14(7-9-15)11-25-13(4)22;1-2-3-6-4(5)7;2*1-2/h6-9,12,17,19H,5,10-11H2,1-4H3,(H,20,24)(H,21,23);2-3H2,1H3,(H3,5,6,7);2*1-2H3. The third-order valence-electron chi connectivity index (χ3n) is 4.03. The van der Waals surface area contributed by atoms with Crippen LogP contribution in [-0.2, 0) is 25.7 Å².